The van der Waals surface area contributed by atoms with E-state index < -0.39 is 14.5 Å². The molecular formula is C12H27NO5Si. The predicted molar refractivity (Wildman–Crippen MR) is 73.6 cm³/mol. The fraction of sp³-hybridized carbons (Fsp3) is 1.00. The molecule has 1 aliphatic heterocycles. The fourth-order valence-corrected chi connectivity index (χ4v) is 4.79. The molecule has 2 unspecified atom stereocenters. The smallest absolute Gasteiger partial charge is 0.376 e. The first kappa shape index (κ1) is 17.0. The van der Waals surface area contributed by atoms with Gasteiger partial charge in [-0.05, 0) is 27.2 Å². The zero-order chi connectivity index (χ0) is 14.4. The van der Waals surface area contributed by atoms with Gasteiger partial charge in [0.05, 0.1) is 12.7 Å². The standard InChI is InChI=1S/C12H27NO5Si/c1-4-16-19(17-5-2,18-6-3)8-7-12(13,14)9-11-10-15-11/h11,14H,4-10,13H2,1-3H3. The van der Waals surface area contributed by atoms with Crippen molar-refractivity contribution in [2.45, 2.75) is 51.5 Å². The monoisotopic (exact) mass is 293 g/mol. The van der Waals surface area contributed by atoms with Crippen LogP contribution in [0.2, 0.25) is 6.04 Å². The van der Waals surface area contributed by atoms with Crippen LogP contribution in [-0.2, 0) is 18.0 Å². The molecule has 3 N–H and O–H groups in total. The van der Waals surface area contributed by atoms with Crippen LogP contribution in [0, 0.1) is 0 Å². The van der Waals surface area contributed by atoms with E-state index in [1.807, 2.05) is 20.8 Å². The highest BCUT2D eigenvalue weighted by atomic mass is 28.4. The van der Waals surface area contributed by atoms with Crippen molar-refractivity contribution in [1.29, 1.82) is 0 Å². The number of aliphatic hydroxyl groups is 1. The Labute approximate surface area is 116 Å². The first-order valence-electron chi connectivity index (χ1n) is 7.01. The number of nitrogens with two attached hydrogens (primary N) is 1. The van der Waals surface area contributed by atoms with Gasteiger partial charge in [0.1, 0.15) is 5.72 Å². The number of ether oxygens (including phenoxy) is 1. The molecule has 0 saturated carbocycles. The molecule has 0 aromatic heterocycles. The van der Waals surface area contributed by atoms with Crippen LogP contribution in [0.25, 0.3) is 0 Å². The molecule has 6 nitrogen and oxygen atoms in total. The molecule has 0 aromatic rings. The highest BCUT2D eigenvalue weighted by Crippen LogP contribution is 2.27. The van der Waals surface area contributed by atoms with Gasteiger partial charge in [-0.1, -0.05) is 0 Å². The Balaban J connectivity index is 2.53. The molecule has 1 rings (SSSR count). The maximum absolute atomic E-state index is 10.1. The van der Waals surface area contributed by atoms with Gasteiger partial charge < -0.3 is 28.9 Å². The van der Waals surface area contributed by atoms with E-state index in [9.17, 15) is 5.11 Å². The summed E-state index contributed by atoms with van der Waals surface area (Å²) < 4.78 is 22.3. The normalized spacial score (nSPS) is 22.3. The van der Waals surface area contributed by atoms with E-state index in [2.05, 4.69) is 0 Å². The quantitative estimate of drug-likeness (QED) is 0.334. The second-order valence-electron chi connectivity index (χ2n) is 4.75. The van der Waals surface area contributed by atoms with Gasteiger partial charge >= 0.3 is 8.80 Å². The lowest BCUT2D eigenvalue weighted by Crippen LogP contribution is -2.50. The Bertz CT molecular complexity index is 243. The van der Waals surface area contributed by atoms with Crippen molar-refractivity contribution in [3.8, 4) is 0 Å². The van der Waals surface area contributed by atoms with Gasteiger partial charge in [-0.2, -0.15) is 0 Å². The molecule has 1 heterocycles. The Kier molecular flexibility index (Phi) is 6.88. The minimum Gasteiger partial charge on any atom is -0.376 e. The Morgan fingerprint density at radius 1 is 1.21 bits per heavy atom. The molecule has 0 bridgehead atoms. The second kappa shape index (κ2) is 7.68. The van der Waals surface area contributed by atoms with E-state index in [0.29, 0.717) is 45.3 Å². The summed E-state index contributed by atoms with van der Waals surface area (Å²) >= 11 is 0. The molecule has 0 amide bonds. The minimum atomic E-state index is -2.72. The number of rotatable bonds is 11. The van der Waals surface area contributed by atoms with E-state index >= 15 is 0 Å². The maximum Gasteiger partial charge on any atom is 0.501 e. The van der Waals surface area contributed by atoms with Gasteiger partial charge in [-0.25, -0.2) is 0 Å². The molecule has 1 fully saturated rings. The zero-order valence-corrected chi connectivity index (χ0v) is 13.2. The third-order valence-electron chi connectivity index (χ3n) is 2.94. The molecule has 2 atom stereocenters. The molecule has 0 aromatic carbocycles. The topological polar surface area (TPSA) is 86.5 Å². The summed E-state index contributed by atoms with van der Waals surface area (Å²) in [7, 11) is -2.72. The van der Waals surface area contributed by atoms with Gasteiger partial charge in [0.15, 0.2) is 0 Å². The lowest BCUT2D eigenvalue weighted by atomic mass is 10.1. The molecule has 114 valence electrons. The summed E-state index contributed by atoms with van der Waals surface area (Å²) in [5.74, 6) is 0. The van der Waals surface area contributed by atoms with Crippen molar-refractivity contribution in [1.82, 2.24) is 0 Å². The number of hydrogen-bond donors (Lipinski definition) is 2. The Hall–Kier alpha value is -0.0231. The highest BCUT2D eigenvalue weighted by Gasteiger charge is 2.43. The Morgan fingerprint density at radius 3 is 2.05 bits per heavy atom. The number of hydrogen-bond acceptors (Lipinski definition) is 6. The third kappa shape index (κ3) is 6.31. The van der Waals surface area contributed by atoms with E-state index in [4.69, 9.17) is 23.7 Å². The molecular weight excluding hydrogens is 266 g/mol. The summed E-state index contributed by atoms with van der Waals surface area (Å²) in [5.41, 5.74) is 4.64. The lowest BCUT2D eigenvalue weighted by Gasteiger charge is -2.31. The summed E-state index contributed by atoms with van der Waals surface area (Å²) in [4.78, 5) is 0. The molecule has 7 heteroatoms. The molecule has 0 aliphatic carbocycles. The summed E-state index contributed by atoms with van der Waals surface area (Å²) in [6, 6.07) is 0.516. The van der Waals surface area contributed by atoms with E-state index in [1.165, 1.54) is 0 Å². The molecule has 1 aliphatic rings. The molecule has 0 radical (unpaired) electrons. The van der Waals surface area contributed by atoms with E-state index in [1.54, 1.807) is 0 Å². The van der Waals surface area contributed by atoms with Crippen LogP contribution in [0.1, 0.15) is 33.6 Å². The first-order valence-corrected chi connectivity index (χ1v) is 8.95. The van der Waals surface area contributed by atoms with Gasteiger partial charge in [-0.15, -0.1) is 0 Å². The van der Waals surface area contributed by atoms with Crippen LogP contribution in [0.3, 0.4) is 0 Å². The summed E-state index contributed by atoms with van der Waals surface area (Å²) in [5, 5.41) is 10.1. The van der Waals surface area contributed by atoms with Crippen molar-refractivity contribution in [3.63, 3.8) is 0 Å². The molecule has 1 saturated heterocycles. The molecule has 19 heavy (non-hydrogen) atoms. The fourth-order valence-electron chi connectivity index (χ4n) is 2.05. The minimum absolute atomic E-state index is 0.0948. The van der Waals surface area contributed by atoms with Crippen molar-refractivity contribution in [2.24, 2.45) is 5.73 Å². The summed E-state index contributed by atoms with van der Waals surface area (Å²) in [6.07, 6.45) is 0.929. The molecule has 0 spiro atoms. The first-order chi connectivity index (χ1) is 8.97. The van der Waals surface area contributed by atoms with Crippen LogP contribution in [0.4, 0.5) is 0 Å². The maximum atomic E-state index is 10.1. The van der Waals surface area contributed by atoms with Crippen molar-refractivity contribution >= 4 is 8.80 Å². The van der Waals surface area contributed by atoms with Crippen molar-refractivity contribution in [3.05, 3.63) is 0 Å². The van der Waals surface area contributed by atoms with Gasteiger partial charge in [-0.3, -0.25) is 0 Å². The Morgan fingerprint density at radius 2 is 1.68 bits per heavy atom. The number of epoxide rings is 1. The van der Waals surface area contributed by atoms with E-state index in [0.717, 1.165) is 0 Å². The zero-order valence-electron chi connectivity index (χ0n) is 12.2. The SMILES string of the molecule is CCO[Si](CCC(N)(O)CC1CO1)(OCC)OCC. The highest BCUT2D eigenvalue weighted by molar-refractivity contribution is 6.60. The lowest BCUT2D eigenvalue weighted by molar-refractivity contribution is 0.0142. The van der Waals surface area contributed by atoms with Gasteiger partial charge in [0.25, 0.3) is 0 Å². The van der Waals surface area contributed by atoms with Crippen molar-refractivity contribution < 1.29 is 23.1 Å². The third-order valence-corrected chi connectivity index (χ3v) is 5.99. The van der Waals surface area contributed by atoms with Gasteiger partial charge in [0, 0.05) is 32.3 Å². The largest absolute Gasteiger partial charge is 0.501 e. The predicted octanol–water partition coefficient (Wildman–Crippen LogP) is 0.861. The van der Waals surface area contributed by atoms with E-state index in [-0.39, 0.29) is 6.10 Å². The van der Waals surface area contributed by atoms with Crippen LogP contribution < -0.4 is 5.73 Å². The average molecular weight is 293 g/mol. The van der Waals surface area contributed by atoms with Gasteiger partial charge in [0.2, 0.25) is 0 Å². The van der Waals surface area contributed by atoms with Crippen LogP contribution >= 0.6 is 0 Å². The van der Waals surface area contributed by atoms with Crippen LogP contribution in [-0.4, -0.2) is 52.2 Å². The summed E-state index contributed by atoms with van der Waals surface area (Å²) in [6.45, 7) is 8.00. The second-order valence-corrected chi connectivity index (χ2v) is 7.48. The van der Waals surface area contributed by atoms with Crippen LogP contribution in [0.5, 0.6) is 0 Å². The van der Waals surface area contributed by atoms with Crippen LogP contribution in [0.15, 0.2) is 0 Å². The average Bonchev–Trinajstić information content (AvgIpc) is 3.11. The van der Waals surface area contributed by atoms with Crippen molar-refractivity contribution in [2.75, 3.05) is 26.4 Å².